The van der Waals surface area contributed by atoms with Crippen LogP contribution in [0.25, 0.3) is 0 Å². The molecule has 0 saturated carbocycles. The second kappa shape index (κ2) is 5.96. The van der Waals surface area contributed by atoms with E-state index < -0.39 is 0 Å². The number of rotatable bonds is 3. The highest BCUT2D eigenvalue weighted by Crippen LogP contribution is 2.23. The molecule has 0 amide bonds. The van der Waals surface area contributed by atoms with E-state index >= 15 is 0 Å². The second-order valence-electron chi connectivity index (χ2n) is 4.35. The maximum Gasteiger partial charge on any atom is 0.167 e. The average Bonchev–Trinajstić information content (AvgIpc) is 2.32. The molecule has 2 rings (SSSR count). The average molecular weight is 314 g/mol. The normalized spacial score (nSPS) is 10.5. The summed E-state index contributed by atoms with van der Waals surface area (Å²) in [5.41, 5.74) is 2.26. The Labute approximate surface area is 127 Å². The summed E-state index contributed by atoms with van der Waals surface area (Å²) in [4.78, 5) is 12.2. The molecule has 4 heteroatoms. The van der Waals surface area contributed by atoms with Crippen molar-refractivity contribution in [3.63, 3.8) is 0 Å². The van der Waals surface area contributed by atoms with Gasteiger partial charge in [-0.1, -0.05) is 34.8 Å². The van der Waals surface area contributed by atoms with Crippen molar-refractivity contribution in [2.24, 2.45) is 0 Å². The van der Waals surface area contributed by atoms with Gasteiger partial charge in [-0.2, -0.15) is 0 Å². The molecule has 0 atom stereocenters. The second-order valence-corrected chi connectivity index (χ2v) is 5.63. The molecular formula is C15H11Cl3O. The summed E-state index contributed by atoms with van der Waals surface area (Å²) < 4.78 is 0. The van der Waals surface area contributed by atoms with Gasteiger partial charge in [0.15, 0.2) is 5.78 Å². The third kappa shape index (κ3) is 3.73. The number of carbonyl (C=O) groups excluding carboxylic acids is 1. The number of carbonyl (C=O) groups is 1. The van der Waals surface area contributed by atoms with Crippen molar-refractivity contribution in [2.75, 3.05) is 0 Å². The van der Waals surface area contributed by atoms with Crippen molar-refractivity contribution in [3.05, 3.63) is 68.2 Å². The maximum absolute atomic E-state index is 12.2. The molecular weight excluding hydrogens is 303 g/mol. The highest BCUT2D eigenvalue weighted by Gasteiger charge is 2.11. The van der Waals surface area contributed by atoms with Crippen molar-refractivity contribution in [1.29, 1.82) is 0 Å². The quantitative estimate of drug-likeness (QED) is 0.695. The standard InChI is InChI=1S/C15H11Cl3O/c1-9-4-11(7-13(17)5-9)15(19)8-10-6-12(16)2-3-14(10)18/h2-7H,8H2,1H3. The molecule has 0 heterocycles. The zero-order chi connectivity index (χ0) is 14.0. The zero-order valence-corrected chi connectivity index (χ0v) is 12.5. The van der Waals surface area contributed by atoms with Gasteiger partial charge in [-0.15, -0.1) is 0 Å². The van der Waals surface area contributed by atoms with E-state index in [1.165, 1.54) is 0 Å². The minimum absolute atomic E-state index is 0.0326. The van der Waals surface area contributed by atoms with Gasteiger partial charge < -0.3 is 0 Å². The van der Waals surface area contributed by atoms with Crippen LogP contribution in [0, 0.1) is 6.92 Å². The highest BCUT2D eigenvalue weighted by atomic mass is 35.5. The summed E-state index contributed by atoms with van der Waals surface area (Å²) in [6, 6.07) is 10.4. The van der Waals surface area contributed by atoms with Crippen LogP contribution in [0.2, 0.25) is 15.1 Å². The minimum Gasteiger partial charge on any atom is -0.294 e. The van der Waals surface area contributed by atoms with Crippen LogP contribution in [-0.2, 0) is 6.42 Å². The molecule has 0 radical (unpaired) electrons. The molecule has 0 aliphatic heterocycles. The Bertz CT molecular complexity index is 615. The van der Waals surface area contributed by atoms with Gasteiger partial charge in [-0.3, -0.25) is 4.79 Å². The Hall–Kier alpha value is -1.02. The fraction of sp³-hybridized carbons (Fsp3) is 0.133. The van der Waals surface area contributed by atoms with E-state index in [0.29, 0.717) is 20.6 Å². The molecule has 0 saturated heterocycles. The van der Waals surface area contributed by atoms with Gasteiger partial charge in [0.2, 0.25) is 0 Å². The van der Waals surface area contributed by atoms with Gasteiger partial charge in [0.25, 0.3) is 0 Å². The first-order valence-electron chi connectivity index (χ1n) is 5.70. The number of hydrogen-bond acceptors (Lipinski definition) is 1. The molecule has 2 aromatic rings. The van der Waals surface area contributed by atoms with Crippen LogP contribution in [-0.4, -0.2) is 5.78 Å². The molecule has 0 bridgehead atoms. The number of ketones is 1. The first-order valence-corrected chi connectivity index (χ1v) is 6.83. The van der Waals surface area contributed by atoms with Crippen LogP contribution in [0.3, 0.4) is 0 Å². The molecule has 2 aromatic carbocycles. The zero-order valence-electron chi connectivity index (χ0n) is 10.2. The Morgan fingerprint density at radius 1 is 1.00 bits per heavy atom. The van der Waals surface area contributed by atoms with Crippen molar-refractivity contribution >= 4 is 40.6 Å². The van der Waals surface area contributed by atoms with E-state index in [2.05, 4.69) is 0 Å². The molecule has 0 unspecified atom stereocenters. The smallest absolute Gasteiger partial charge is 0.167 e. The topological polar surface area (TPSA) is 17.1 Å². The van der Waals surface area contributed by atoms with Crippen LogP contribution in [0.4, 0.5) is 0 Å². The number of hydrogen-bond donors (Lipinski definition) is 0. The molecule has 0 aliphatic rings. The molecule has 98 valence electrons. The van der Waals surface area contributed by atoms with Gasteiger partial charge in [0.1, 0.15) is 0 Å². The van der Waals surface area contributed by atoms with Crippen LogP contribution in [0.1, 0.15) is 21.5 Å². The molecule has 0 N–H and O–H groups in total. The van der Waals surface area contributed by atoms with Gasteiger partial charge >= 0.3 is 0 Å². The summed E-state index contributed by atoms with van der Waals surface area (Å²) in [6.07, 6.45) is 0.208. The van der Waals surface area contributed by atoms with Crippen LogP contribution >= 0.6 is 34.8 Å². The third-order valence-corrected chi connectivity index (χ3v) is 3.54. The predicted molar refractivity (Wildman–Crippen MR) is 80.7 cm³/mol. The highest BCUT2D eigenvalue weighted by molar-refractivity contribution is 6.34. The van der Waals surface area contributed by atoms with E-state index in [9.17, 15) is 4.79 Å². The lowest BCUT2D eigenvalue weighted by Crippen LogP contribution is -2.04. The van der Waals surface area contributed by atoms with Crippen LogP contribution in [0.15, 0.2) is 36.4 Å². The van der Waals surface area contributed by atoms with Gasteiger partial charge in [0.05, 0.1) is 0 Å². The van der Waals surface area contributed by atoms with Crippen LogP contribution in [0.5, 0.6) is 0 Å². The monoisotopic (exact) mass is 312 g/mol. The van der Waals surface area contributed by atoms with E-state index in [-0.39, 0.29) is 12.2 Å². The van der Waals surface area contributed by atoms with Gasteiger partial charge in [-0.05, 0) is 54.4 Å². The first-order chi connectivity index (χ1) is 8.95. The summed E-state index contributed by atoms with van der Waals surface area (Å²) >= 11 is 17.9. The van der Waals surface area contributed by atoms with Crippen molar-refractivity contribution in [3.8, 4) is 0 Å². The van der Waals surface area contributed by atoms with Gasteiger partial charge in [0, 0.05) is 27.1 Å². The molecule has 1 nitrogen and oxygen atoms in total. The SMILES string of the molecule is Cc1cc(Cl)cc(C(=O)Cc2cc(Cl)ccc2Cl)c1. The molecule has 0 fully saturated rings. The van der Waals surface area contributed by atoms with E-state index in [1.807, 2.05) is 19.1 Å². The lowest BCUT2D eigenvalue weighted by Gasteiger charge is -2.06. The third-order valence-electron chi connectivity index (χ3n) is 2.72. The minimum atomic E-state index is -0.0326. The fourth-order valence-electron chi connectivity index (χ4n) is 1.85. The van der Waals surface area contributed by atoms with Gasteiger partial charge in [-0.25, -0.2) is 0 Å². The van der Waals surface area contributed by atoms with Crippen molar-refractivity contribution < 1.29 is 4.79 Å². The largest absolute Gasteiger partial charge is 0.294 e. The molecule has 0 aliphatic carbocycles. The van der Waals surface area contributed by atoms with Crippen molar-refractivity contribution in [1.82, 2.24) is 0 Å². The Kier molecular flexibility index (Phi) is 4.51. The summed E-state index contributed by atoms with van der Waals surface area (Å²) in [6.45, 7) is 1.90. The summed E-state index contributed by atoms with van der Waals surface area (Å²) in [5, 5.41) is 1.66. The summed E-state index contributed by atoms with van der Waals surface area (Å²) in [7, 11) is 0. The number of aryl methyl sites for hydroxylation is 1. The van der Waals surface area contributed by atoms with Crippen molar-refractivity contribution in [2.45, 2.75) is 13.3 Å². The lowest BCUT2D eigenvalue weighted by atomic mass is 10.0. The number of Topliss-reactive ketones (excluding diaryl/α,β-unsaturated/α-hetero) is 1. The number of halogens is 3. The molecule has 0 aromatic heterocycles. The first kappa shape index (κ1) is 14.4. The molecule has 0 spiro atoms. The van der Waals surface area contributed by atoms with E-state index in [1.54, 1.807) is 24.3 Å². The van der Waals surface area contributed by atoms with Crippen LogP contribution < -0.4 is 0 Å². The fourth-order valence-corrected chi connectivity index (χ4v) is 2.52. The Morgan fingerprint density at radius 3 is 2.42 bits per heavy atom. The molecule has 19 heavy (non-hydrogen) atoms. The van der Waals surface area contributed by atoms with E-state index in [0.717, 1.165) is 11.1 Å². The maximum atomic E-state index is 12.2. The predicted octanol–water partition coefficient (Wildman–Crippen LogP) is 5.38. The Morgan fingerprint density at radius 2 is 1.74 bits per heavy atom. The summed E-state index contributed by atoms with van der Waals surface area (Å²) in [5.74, 6) is -0.0326. The van der Waals surface area contributed by atoms with E-state index in [4.69, 9.17) is 34.8 Å². The Balaban J connectivity index is 2.28. The lowest BCUT2D eigenvalue weighted by molar-refractivity contribution is 0.0993. The number of benzene rings is 2.